The van der Waals surface area contributed by atoms with E-state index in [2.05, 4.69) is 15.8 Å². The summed E-state index contributed by atoms with van der Waals surface area (Å²) in [4.78, 5) is 32.5. The minimum absolute atomic E-state index is 0.281. The van der Waals surface area contributed by atoms with Crippen LogP contribution >= 0.6 is 0 Å². The molecule has 2 N–H and O–H groups in total. The summed E-state index contributed by atoms with van der Waals surface area (Å²) in [7, 11) is 1.57. The Kier molecular flexibility index (Phi) is 5.75. The molecule has 31 heavy (non-hydrogen) atoms. The maximum Gasteiger partial charge on any atom is 0.321 e. The van der Waals surface area contributed by atoms with E-state index in [1.807, 2.05) is 0 Å². The average molecular weight is 426 g/mol. The number of ether oxygens (including phenoxy) is 1. The molecule has 9 heteroatoms. The van der Waals surface area contributed by atoms with Gasteiger partial charge in [0.15, 0.2) is 5.60 Å². The molecule has 2 heterocycles. The van der Waals surface area contributed by atoms with Crippen LogP contribution in [0.25, 0.3) is 0 Å². The van der Waals surface area contributed by atoms with E-state index >= 15 is 0 Å². The number of hydrogen-bond acceptors (Lipinski definition) is 5. The van der Waals surface area contributed by atoms with Crippen LogP contribution in [0.3, 0.4) is 0 Å². The van der Waals surface area contributed by atoms with Crippen LogP contribution in [0.2, 0.25) is 0 Å². The Labute approximate surface area is 179 Å². The van der Waals surface area contributed by atoms with Crippen molar-refractivity contribution in [1.29, 1.82) is 0 Å². The zero-order chi connectivity index (χ0) is 21.8. The van der Waals surface area contributed by atoms with E-state index in [0.29, 0.717) is 42.9 Å². The van der Waals surface area contributed by atoms with Crippen molar-refractivity contribution in [2.24, 2.45) is 5.16 Å². The molecule has 0 bridgehead atoms. The third-order valence-electron chi connectivity index (χ3n) is 5.35. The molecule has 2 aliphatic heterocycles. The number of amides is 3. The summed E-state index contributed by atoms with van der Waals surface area (Å²) in [6.07, 6.45) is 1.69. The molecule has 0 aliphatic carbocycles. The Morgan fingerprint density at radius 3 is 2.71 bits per heavy atom. The third-order valence-corrected chi connectivity index (χ3v) is 5.35. The quantitative estimate of drug-likeness (QED) is 0.781. The minimum atomic E-state index is -0.732. The Balaban J connectivity index is 1.35. The van der Waals surface area contributed by atoms with Gasteiger partial charge in [0, 0.05) is 24.3 Å². The summed E-state index contributed by atoms with van der Waals surface area (Å²) in [5.74, 6) is -0.0753. The monoisotopic (exact) mass is 426 g/mol. The highest BCUT2D eigenvalue weighted by molar-refractivity contribution is 6.43. The van der Waals surface area contributed by atoms with Crippen LogP contribution in [0.4, 0.5) is 20.6 Å². The van der Waals surface area contributed by atoms with Gasteiger partial charge >= 0.3 is 6.03 Å². The molecule has 0 saturated carbocycles. The first-order valence-electron chi connectivity index (χ1n) is 9.98. The topological polar surface area (TPSA) is 92.3 Å². The summed E-state index contributed by atoms with van der Waals surface area (Å²) < 4.78 is 18.5. The van der Waals surface area contributed by atoms with Crippen molar-refractivity contribution in [3.8, 4) is 5.75 Å². The van der Waals surface area contributed by atoms with Gasteiger partial charge in [-0.25, -0.2) is 9.18 Å². The highest BCUT2D eigenvalue weighted by Gasteiger charge is 2.45. The van der Waals surface area contributed by atoms with Gasteiger partial charge in [-0.05, 0) is 55.3 Å². The zero-order valence-electron chi connectivity index (χ0n) is 17.1. The van der Waals surface area contributed by atoms with Crippen molar-refractivity contribution in [3.05, 3.63) is 54.3 Å². The van der Waals surface area contributed by atoms with Crippen LogP contribution in [-0.4, -0.2) is 48.4 Å². The largest absolute Gasteiger partial charge is 0.497 e. The van der Waals surface area contributed by atoms with Crippen LogP contribution in [0.15, 0.2) is 53.7 Å². The van der Waals surface area contributed by atoms with Crippen molar-refractivity contribution < 1.29 is 23.6 Å². The Morgan fingerprint density at radius 2 is 1.97 bits per heavy atom. The van der Waals surface area contributed by atoms with Gasteiger partial charge in [-0.1, -0.05) is 11.2 Å². The van der Waals surface area contributed by atoms with Gasteiger partial charge in [-0.3, -0.25) is 4.79 Å². The molecule has 1 saturated heterocycles. The lowest BCUT2D eigenvalue weighted by atomic mass is 9.88. The van der Waals surface area contributed by atoms with Crippen molar-refractivity contribution in [2.75, 3.05) is 30.8 Å². The molecule has 2 aromatic rings. The number of carbonyl (C=O) groups excluding carboxylic acids is 2. The predicted octanol–water partition coefficient (Wildman–Crippen LogP) is 3.62. The number of nitrogens with one attached hydrogen (secondary N) is 2. The minimum Gasteiger partial charge on any atom is -0.497 e. The number of rotatable bonds is 4. The number of hydrogen-bond donors (Lipinski definition) is 2. The second-order valence-electron chi connectivity index (χ2n) is 7.64. The molecule has 1 fully saturated rings. The number of piperidine rings is 1. The number of oxime groups is 1. The van der Waals surface area contributed by atoms with Gasteiger partial charge in [0.1, 0.15) is 17.3 Å². The Bertz CT molecular complexity index is 1010. The fraction of sp³-hybridized carbons (Fsp3) is 0.318. The van der Waals surface area contributed by atoms with Gasteiger partial charge in [-0.15, -0.1) is 0 Å². The summed E-state index contributed by atoms with van der Waals surface area (Å²) in [6, 6.07) is 12.4. The van der Waals surface area contributed by atoms with Crippen molar-refractivity contribution >= 4 is 29.0 Å². The van der Waals surface area contributed by atoms with Gasteiger partial charge < -0.3 is 25.1 Å². The van der Waals surface area contributed by atoms with Crippen LogP contribution in [0.5, 0.6) is 5.75 Å². The van der Waals surface area contributed by atoms with Crippen molar-refractivity contribution in [2.45, 2.75) is 24.9 Å². The molecule has 162 valence electrons. The van der Waals surface area contributed by atoms with Crippen LogP contribution in [-0.2, 0) is 9.63 Å². The fourth-order valence-corrected chi connectivity index (χ4v) is 3.78. The molecule has 2 aliphatic rings. The molecule has 1 atom stereocenters. The highest BCUT2D eigenvalue weighted by Crippen LogP contribution is 2.34. The average Bonchev–Trinajstić information content (AvgIpc) is 3.17. The number of benzene rings is 2. The van der Waals surface area contributed by atoms with Gasteiger partial charge in [0.05, 0.1) is 13.7 Å². The van der Waals surface area contributed by atoms with Gasteiger partial charge in [0.2, 0.25) is 0 Å². The summed E-state index contributed by atoms with van der Waals surface area (Å²) in [6.45, 7) is 0.830. The molecule has 0 unspecified atom stereocenters. The van der Waals surface area contributed by atoms with Crippen molar-refractivity contribution in [1.82, 2.24) is 4.90 Å². The summed E-state index contributed by atoms with van der Waals surface area (Å²) >= 11 is 0. The van der Waals surface area contributed by atoms with Crippen LogP contribution in [0.1, 0.15) is 19.3 Å². The molecule has 0 radical (unpaired) electrons. The second-order valence-corrected chi connectivity index (χ2v) is 7.64. The highest BCUT2D eigenvalue weighted by atomic mass is 19.1. The van der Waals surface area contributed by atoms with Crippen molar-refractivity contribution in [3.63, 3.8) is 0 Å². The molecule has 0 aromatic heterocycles. The SMILES string of the molecule is COc1ccc(NC(=O)C2=NO[C@@]3(CCCN(C(=O)Nc4cccc(F)c4)C3)C2)cc1. The molecule has 3 amide bonds. The number of likely N-dealkylation sites (tertiary alicyclic amines) is 1. The molecule has 2 aromatic carbocycles. The third kappa shape index (κ3) is 4.76. The second kappa shape index (κ2) is 8.63. The van der Waals surface area contributed by atoms with Gasteiger partial charge in [-0.2, -0.15) is 0 Å². The van der Waals surface area contributed by atoms with E-state index in [1.165, 1.54) is 18.2 Å². The van der Waals surface area contributed by atoms with E-state index in [-0.39, 0.29) is 24.2 Å². The number of nitrogens with zero attached hydrogens (tertiary/aromatic N) is 2. The number of urea groups is 1. The summed E-state index contributed by atoms with van der Waals surface area (Å²) in [5.41, 5.74) is 0.551. The molecular weight excluding hydrogens is 403 g/mol. The van der Waals surface area contributed by atoms with E-state index in [9.17, 15) is 14.0 Å². The first-order valence-corrected chi connectivity index (χ1v) is 9.98. The van der Waals surface area contributed by atoms with Crippen LogP contribution < -0.4 is 15.4 Å². The fourth-order valence-electron chi connectivity index (χ4n) is 3.78. The smallest absolute Gasteiger partial charge is 0.321 e. The standard InChI is InChI=1S/C22H23FN4O4/c1-30-18-8-6-16(7-9-18)24-20(28)19-13-22(31-26-19)10-3-11-27(14-22)21(29)25-17-5-2-4-15(23)12-17/h2,4-9,12H,3,10-11,13-14H2,1H3,(H,24,28)(H,25,29)/t22-/m0/s1. The number of carbonyl (C=O) groups is 2. The van der Waals surface area contributed by atoms with Crippen LogP contribution in [0, 0.1) is 5.82 Å². The molecular formula is C22H23FN4O4. The van der Waals surface area contributed by atoms with E-state index in [1.54, 1.807) is 42.3 Å². The maximum absolute atomic E-state index is 13.4. The number of halogens is 1. The van der Waals surface area contributed by atoms with E-state index < -0.39 is 11.4 Å². The lowest BCUT2D eigenvalue weighted by Gasteiger charge is -2.38. The zero-order valence-corrected chi connectivity index (χ0v) is 17.1. The number of methoxy groups -OCH3 is 1. The molecule has 8 nitrogen and oxygen atoms in total. The molecule has 4 rings (SSSR count). The first kappa shape index (κ1) is 20.6. The normalized spacial score (nSPS) is 20.1. The lowest BCUT2D eigenvalue weighted by Crippen LogP contribution is -2.52. The van der Waals surface area contributed by atoms with Gasteiger partial charge in [0.25, 0.3) is 5.91 Å². The van der Waals surface area contributed by atoms with E-state index in [4.69, 9.17) is 9.57 Å². The summed E-state index contributed by atoms with van der Waals surface area (Å²) in [5, 5.41) is 9.50. The van der Waals surface area contributed by atoms with E-state index in [0.717, 1.165) is 0 Å². The Hall–Kier alpha value is -3.62. The number of anilines is 2. The maximum atomic E-state index is 13.4. The molecule has 1 spiro atoms. The first-order chi connectivity index (χ1) is 15.0. The Morgan fingerprint density at radius 1 is 1.16 bits per heavy atom. The predicted molar refractivity (Wildman–Crippen MR) is 114 cm³/mol. The lowest BCUT2D eigenvalue weighted by molar-refractivity contribution is -0.110.